The Labute approximate surface area is 222 Å². The van der Waals surface area contributed by atoms with E-state index in [-0.39, 0.29) is 11.9 Å². The number of unbranched alkanes of at least 4 members (excludes halogenated alkanes) is 1. The fourth-order valence-electron chi connectivity index (χ4n) is 3.91. The number of ether oxygens (including phenoxy) is 1. The number of nitrogens with zero attached hydrogens (tertiary/aromatic N) is 1. The summed E-state index contributed by atoms with van der Waals surface area (Å²) in [4.78, 5) is 41.6. The Morgan fingerprint density at radius 1 is 1.16 bits per heavy atom. The number of hydrogen-bond donors (Lipinski definition) is 3. The van der Waals surface area contributed by atoms with E-state index in [4.69, 9.17) is 4.74 Å². The van der Waals surface area contributed by atoms with Crippen LogP contribution in [0.5, 0.6) is 0 Å². The molecule has 0 bridgehead atoms. The van der Waals surface area contributed by atoms with E-state index in [0.717, 1.165) is 24.8 Å². The predicted octanol–water partition coefficient (Wildman–Crippen LogP) is 4.83. The molecular weight excluding hydrogens is 470 g/mol. The van der Waals surface area contributed by atoms with Gasteiger partial charge < -0.3 is 25.4 Å². The van der Waals surface area contributed by atoms with Crippen molar-refractivity contribution < 1.29 is 24.2 Å². The summed E-state index contributed by atoms with van der Waals surface area (Å²) in [5.41, 5.74) is 0.672. The zero-order valence-electron chi connectivity index (χ0n) is 23.7. The third kappa shape index (κ3) is 11.0. The number of nitrogens with one attached hydrogen (secondary N) is 2. The fourth-order valence-corrected chi connectivity index (χ4v) is 3.91. The first kappa shape index (κ1) is 32.2. The summed E-state index contributed by atoms with van der Waals surface area (Å²) in [6.45, 7) is 16.9. The summed E-state index contributed by atoms with van der Waals surface area (Å²) in [6, 6.07) is 4.76. The predicted molar refractivity (Wildman–Crippen MR) is 148 cm³/mol. The molecule has 3 N–H and O–H groups in total. The van der Waals surface area contributed by atoms with Gasteiger partial charge in [0.25, 0.3) is 0 Å². The van der Waals surface area contributed by atoms with Gasteiger partial charge in [-0.1, -0.05) is 58.0 Å². The Balaban J connectivity index is 3.53. The standard InChI is InChI=1S/C29H47N3O5/c1-9-11-17-30-26(34)25(23-14-12-13-22(10-2)18-23)32(21(5)16-15-20(3)4)27(35)24(19-33)31-28(36)37-29(6,7)8/h10,12-14,18,20-21,24-25,33H,2,9,11,15-17,19H2,1,3-8H3,(H,30,34)(H,31,36). The minimum Gasteiger partial charge on any atom is -0.444 e. The number of amides is 3. The molecule has 1 aromatic carbocycles. The minimum absolute atomic E-state index is 0.312. The van der Waals surface area contributed by atoms with E-state index in [9.17, 15) is 19.5 Å². The van der Waals surface area contributed by atoms with Gasteiger partial charge in [-0.15, -0.1) is 0 Å². The quantitative estimate of drug-likeness (QED) is 0.307. The number of carbonyl (C=O) groups is 3. The number of hydrogen-bond acceptors (Lipinski definition) is 5. The molecule has 208 valence electrons. The number of aliphatic hydroxyl groups is 1. The molecule has 0 radical (unpaired) electrons. The molecule has 1 aromatic rings. The van der Waals surface area contributed by atoms with Crippen LogP contribution in [-0.2, 0) is 14.3 Å². The summed E-state index contributed by atoms with van der Waals surface area (Å²) >= 11 is 0. The van der Waals surface area contributed by atoms with Gasteiger partial charge in [0.15, 0.2) is 0 Å². The lowest BCUT2D eigenvalue weighted by atomic mass is 9.96. The van der Waals surface area contributed by atoms with Crippen molar-refractivity contribution in [3.63, 3.8) is 0 Å². The van der Waals surface area contributed by atoms with Gasteiger partial charge >= 0.3 is 6.09 Å². The Hall–Kier alpha value is -2.87. The van der Waals surface area contributed by atoms with Crippen molar-refractivity contribution in [1.82, 2.24) is 15.5 Å². The largest absolute Gasteiger partial charge is 0.444 e. The average Bonchev–Trinajstić information content (AvgIpc) is 2.82. The van der Waals surface area contributed by atoms with Crippen LogP contribution in [0, 0.1) is 5.92 Å². The van der Waals surface area contributed by atoms with E-state index in [1.54, 1.807) is 26.8 Å². The van der Waals surface area contributed by atoms with Crippen LogP contribution in [-0.4, -0.2) is 58.8 Å². The average molecular weight is 518 g/mol. The Bertz CT molecular complexity index is 894. The number of aliphatic hydroxyl groups excluding tert-OH is 1. The number of carbonyl (C=O) groups excluding carboxylic acids is 3. The number of rotatable bonds is 14. The Morgan fingerprint density at radius 2 is 1.84 bits per heavy atom. The lowest BCUT2D eigenvalue weighted by Crippen LogP contribution is -2.56. The smallest absolute Gasteiger partial charge is 0.408 e. The highest BCUT2D eigenvalue weighted by molar-refractivity contribution is 5.92. The van der Waals surface area contributed by atoms with Crippen LogP contribution >= 0.6 is 0 Å². The maximum absolute atomic E-state index is 14.0. The van der Waals surface area contributed by atoms with E-state index >= 15 is 0 Å². The molecule has 3 unspecified atom stereocenters. The van der Waals surface area contributed by atoms with E-state index < -0.39 is 36.3 Å². The van der Waals surface area contributed by atoms with Crippen molar-refractivity contribution in [2.45, 2.75) is 97.9 Å². The van der Waals surface area contributed by atoms with E-state index in [1.807, 2.05) is 38.1 Å². The molecule has 8 nitrogen and oxygen atoms in total. The van der Waals surface area contributed by atoms with Gasteiger partial charge in [0.05, 0.1) is 6.61 Å². The van der Waals surface area contributed by atoms with E-state index in [2.05, 4.69) is 31.1 Å². The van der Waals surface area contributed by atoms with Crippen molar-refractivity contribution in [2.75, 3.05) is 13.2 Å². The summed E-state index contributed by atoms with van der Waals surface area (Å²) < 4.78 is 5.31. The van der Waals surface area contributed by atoms with Crippen LogP contribution in [0.15, 0.2) is 30.8 Å². The summed E-state index contributed by atoms with van der Waals surface area (Å²) in [5.74, 6) is -0.466. The van der Waals surface area contributed by atoms with Crippen LogP contribution in [0.1, 0.15) is 91.3 Å². The Morgan fingerprint density at radius 3 is 2.38 bits per heavy atom. The first-order valence-electron chi connectivity index (χ1n) is 13.3. The zero-order valence-corrected chi connectivity index (χ0v) is 23.7. The lowest BCUT2D eigenvalue weighted by Gasteiger charge is -2.38. The van der Waals surface area contributed by atoms with E-state index in [0.29, 0.717) is 24.4 Å². The molecule has 1 rings (SSSR count). The number of alkyl carbamates (subject to hydrolysis) is 1. The Kier molecular flexibility index (Phi) is 13.4. The van der Waals surface area contributed by atoms with Gasteiger partial charge in [0, 0.05) is 12.6 Å². The third-order valence-electron chi connectivity index (χ3n) is 5.88. The molecule has 37 heavy (non-hydrogen) atoms. The molecule has 0 spiro atoms. The zero-order chi connectivity index (χ0) is 28.2. The highest BCUT2D eigenvalue weighted by Crippen LogP contribution is 2.28. The van der Waals surface area contributed by atoms with Crippen LogP contribution in [0.3, 0.4) is 0 Å². The molecule has 8 heteroatoms. The van der Waals surface area contributed by atoms with Crippen LogP contribution in [0.25, 0.3) is 6.08 Å². The molecule has 0 heterocycles. The van der Waals surface area contributed by atoms with Gasteiger partial charge in [0.2, 0.25) is 11.8 Å². The molecule has 0 saturated heterocycles. The fraction of sp³-hybridized carbons (Fsp3) is 0.621. The van der Waals surface area contributed by atoms with Gasteiger partial charge in [0.1, 0.15) is 17.7 Å². The molecule has 3 amide bonds. The number of benzene rings is 1. The maximum atomic E-state index is 14.0. The summed E-state index contributed by atoms with van der Waals surface area (Å²) in [5, 5.41) is 15.6. The molecule has 0 aliphatic carbocycles. The van der Waals surface area contributed by atoms with Crippen molar-refractivity contribution >= 4 is 24.0 Å². The third-order valence-corrected chi connectivity index (χ3v) is 5.88. The SMILES string of the molecule is C=Cc1cccc(C(C(=O)NCCCC)N(C(=O)C(CO)NC(=O)OC(C)(C)C)C(C)CCC(C)C)c1. The topological polar surface area (TPSA) is 108 Å². The van der Waals surface area contributed by atoms with Gasteiger partial charge in [-0.05, 0) is 70.1 Å². The molecule has 0 aliphatic rings. The highest BCUT2D eigenvalue weighted by atomic mass is 16.6. The monoisotopic (exact) mass is 517 g/mol. The van der Waals surface area contributed by atoms with Gasteiger partial charge in [-0.2, -0.15) is 0 Å². The molecule has 3 atom stereocenters. The normalized spacial score (nSPS) is 13.9. The minimum atomic E-state index is -1.27. The van der Waals surface area contributed by atoms with Crippen molar-refractivity contribution in [2.24, 2.45) is 5.92 Å². The van der Waals surface area contributed by atoms with Crippen molar-refractivity contribution in [3.8, 4) is 0 Å². The first-order chi connectivity index (χ1) is 17.3. The summed E-state index contributed by atoms with van der Waals surface area (Å²) in [7, 11) is 0. The summed E-state index contributed by atoms with van der Waals surface area (Å²) in [6.07, 6.45) is 4.08. The molecule has 0 saturated carbocycles. The van der Waals surface area contributed by atoms with Crippen LogP contribution in [0.4, 0.5) is 4.79 Å². The first-order valence-corrected chi connectivity index (χ1v) is 13.3. The van der Waals surface area contributed by atoms with Crippen LogP contribution < -0.4 is 10.6 Å². The second-order valence-electron chi connectivity index (χ2n) is 10.9. The van der Waals surface area contributed by atoms with Crippen LogP contribution in [0.2, 0.25) is 0 Å². The van der Waals surface area contributed by atoms with Gasteiger partial charge in [-0.25, -0.2) is 4.79 Å². The molecule has 0 aromatic heterocycles. The van der Waals surface area contributed by atoms with E-state index in [1.165, 1.54) is 4.90 Å². The second-order valence-corrected chi connectivity index (χ2v) is 10.9. The highest BCUT2D eigenvalue weighted by Gasteiger charge is 2.38. The maximum Gasteiger partial charge on any atom is 0.408 e. The van der Waals surface area contributed by atoms with Gasteiger partial charge in [-0.3, -0.25) is 9.59 Å². The molecular formula is C29H47N3O5. The lowest BCUT2D eigenvalue weighted by molar-refractivity contribution is -0.146. The molecule has 0 aliphatic heterocycles. The second kappa shape index (κ2) is 15.4. The molecule has 0 fully saturated rings. The van der Waals surface area contributed by atoms with Crippen molar-refractivity contribution in [3.05, 3.63) is 42.0 Å². The van der Waals surface area contributed by atoms with Crippen molar-refractivity contribution in [1.29, 1.82) is 0 Å².